The summed E-state index contributed by atoms with van der Waals surface area (Å²) >= 11 is 0. The zero-order valence-electron chi connectivity index (χ0n) is 20.7. The number of ether oxygens (including phenoxy) is 2. The minimum atomic E-state index is 0.436. The van der Waals surface area contributed by atoms with Gasteiger partial charge >= 0.3 is 0 Å². The highest BCUT2D eigenvalue weighted by molar-refractivity contribution is 5.87. The Kier molecular flexibility index (Phi) is 6.72. The Morgan fingerprint density at radius 2 is 1.21 bits per heavy atom. The zero-order chi connectivity index (χ0) is 25.6. The molecule has 0 spiro atoms. The van der Waals surface area contributed by atoms with Crippen LogP contribution < -0.4 is 9.47 Å². The van der Waals surface area contributed by atoms with Crippen molar-refractivity contribution < 1.29 is 9.47 Å². The second-order valence-electron chi connectivity index (χ2n) is 8.92. The van der Waals surface area contributed by atoms with E-state index in [1.807, 2.05) is 91.0 Å². The molecule has 0 fully saturated rings. The summed E-state index contributed by atoms with van der Waals surface area (Å²) in [6.07, 6.45) is 3.54. The van der Waals surface area contributed by atoms with Crippen molar-refractivity contribution in [3.8, 4) is 34.3 Å². The topological polar surface area (TPSA) is 57.1 Å². The van der Waals surface area contributed by atoms with Crippen LogP contribution in [0.3, 0.4) is 0 Å². The average Bonchev–Trinajstić information content (AvgIpc) is 3.00. The predicted octanol–water partition coefficient (Wildman–Crippen LogP) is 7.52. The van der Waals surface area contributed by atoms with E-state index < -0.39 is 0 Å². The van der Waals surface area contributed by atoms with Crippen LogP contribution in [0.1, 0.15) is 11.1 Å². The zero-order valence-corrected chi connectivity index (χ0v) is 20.7. The second kappa shape index (κ2) is 10.9. The molecule has 6 aromatic rings. The van der Waals surface area contributed by atoms with Gasteiger partial charge < -0.3 is 9.47 Å². The van der Waals surface area contributed by atoms with Crippen molar-refractivity contribution in [3.63, 3.8) is 0 Å². The Morgan fingerprint density at radius 3 is 2.03 bits per heavy atom. The first-order valence-electron chi connectivity index (χ1n) is 12.5. The average molecular weight is 496 g/mol. The van der Waals surface area contributed by atoms with Crippen LogP contribution in [0.2, 0.25) is 0 Å². The molecule has 4 aromatic carbocycles. The molecule has 5 heteroatoms. The van der Waals surface area contributed by atoms with E-state index in [1.54, 1.807) is 12.4 Å². The summed E-state index contributed by atoms with van der Waals surface area (Å²) < 4.78 is 12.1. The molecule has 184 valence electrons. The van der Waals surface area contributed by atoms with Gasteiger partial charge in [-0.2, -0.15) is 4.98 Å². The SMILES string of the molecule is c1ccc(COc2cc(-c3ccccc3)nc(-c3ccc4cc(OCc5ccncc5)ccc4c3)n2)cc1. The summed E-state index contributed by atoms with van der Waals surface area (Å²) in [5.41, 5.74) is 4.92. The Labute approximate surface area is 221 Å². The lowest BCUT2D eigenvalue weighted by Crippen LogP contribution is -2.01. The molecule has 5 nitrogen and oxygen atoms in total. The van der Waals surface area contributed by atoms with Gasteiger partial charge in [0.25, 0.3) is 0 Å². The monoisotopic (exact) mass is 495 g/mol. The minimum absolute atomic E-state index is 0.436. The lowest BCUT2D eigenvalue weighted by atomic mass is 10.1. The molecule has 6 rings (SSSR count). The van der Waals surface area contributed by atoms with Crippen molar-refractivity contribution in [1.82, 2.24) is 15.0 Å². The lowest BCUT2D eigenvalue weighted by Gasteiger charge is -2.11. The van der Waals surface area contributed by atoms with E-state index in [1.165, 1.54) is 0 Å². The fourth-order valence-electron chi connectivity index (χ4n) is 4.21. The first kappa shape index (κ1) is 23.4. The molecule has 0 radical (unpaired) electrons. The van der Waals surface area contributed by atoms with Crippen LogP contribution in [-0.4, -0.2) is 15.0 Å². The van der Waals surface area contributed by atoms with Crippen LogP contribution in [0.25, 0.3) is 33.4 Å². The van der Waals surface area contributed by atoms with Gasteiger partial charge in [0.2, 0.25) is 5.88 Å². The largest absolute Gasteiger partial charge is 0.489 e. The predicted molar refractivity (Wildman–Crippen MR) is 150 cm³/mol. The molecular weight excluding hydrogens is 470 g/mol. The molecule has 2 heterocycles. The minimum Gasteiger partial charge on any atom is -0.489 e. The van der Waals surface area contributed by atoms with E-state index in [-0.39, 0.29) is 0 Å². The first-order chi connectivity index (χ1) is 18.8. The number of benzene rings is 4. The number of fused-ring (bicyclic) bond motifs is 1. The van der Waals surface area contributed by atoms with Crippen molar-refractivity contribution >= 4 is 10.8 Å². The molecule has 0 aliphatic rings. The smallest absolute Gasteiger partial charge is 0.217 e. The maximum atomic E-state index is 6.11. The third-order valence-corrected chi connectivity index (χ3v) is 6.23. The number of nitrogens with zero attached hydrogens (tertiary/aromatic N) is 3. The van der Waals surface area contributed by atoms with Gasteiger partial charge in [0, 0.05) is 29.6 Å². The third kappa shape index (κ3) is 5.52. The van der Waals surface area contributed by atoms with Gasteiger partial charge in [0.15, 0.2) is 5.82 Å². The summed E-state index contributed by atoms with van der Waals surface area (Å²) in [5, 5.41) is 2.17. The van der Waals surface area contributed by atoms with E-state index in [4.69, 9.17) is 19.4 Å². The highest BCUT2D eigenvalue weighted by atomic mass is 16.5. The van der Waals surface area contributed by atoms with E-state index in [2.05, 4.69) is 29.2 Å². The summed E-state index contributed by atoms with van der Waals surface area (Å²) in [6.45, 7) is 0.934. The van der Waals surface area contributed by atoms with Gasteiger partial charge in [0.05, 0.1) is 5.69 Å². The maximum absolute atomic E-state index is 6.11. The van der Waals surface area contributed by atoms with E-state index in [0.29, 0.717) is 24.9 Å². The molecule has 0 unspecified atom stereocenters. The van der Waals surface area contributed by atoms with Gasteiger partial charge in [-0.3, -0.25) is 4.98 Å². The normalized spacial score (nSPS) is 10.8. The maximum Gasteiger partial charge on any atom is 0.217 e. The van der Waals surface area contributed by atoms with Crippen LogP contribution in [0.15, 0.2) is 128 Å². The van der Waals surface area contributed by atoms with E-state index in [0.717, 1.165) is 44.5 Å². The molecule has 0 saturated heterocycles. The van der Waals surface area contributed by atoms with Crippen LogP contribution in [-0.2, 0) is 13.2 Å². The number of aromatic nitrogens is 3. The Morgan fingerprint density at radius 1 is 0.526 bits per heavy atom. The molecule has 38 heavy (non-hydrogen) atoms. The van der Waals surface area contributed by atoms with Gasteiger partial charge in [-0.1, -0.05) is 78.9 Å². The van der Waals surface area contributed by atoms with E-state index >= 15 is 0 Å². The van der Waals surface area contributed by atoms with Crippen molar-refractivity contribution in [3.05, 3.63) is 139 Å². The molecule has 0 aliphatic carbocycles. The second-order valence-corrected chi connectivity index (χ2v) is 8.92. The summed E-state index contributed by atoms with van der Waals surface area (Å²) in [6, 6.07) is 38.3. The van der Waals surface area contributed by atoms with Crippen molar-refractivity contribution in [1.29, 1.82) is 0 Å². The molecule has 0 saturated carbocycles. The first-order valence-corrected chi connectivity index (χ1v) is 12.5. The molecule has 0 aliphatic heterocycles. The van der Waals surface area contributed by atoms with Crippen LogP contribution in [0.4, 0.5) is 0 Å². The number of hydrogen-bond acceptors (Lipinski definition) is 5. The molecule has 0 bridgehead atoms. The third-order valence-electron chi connectivity index (χ3n) is 6.23. The lowest BCUT2D eigenvalue weighted by molar-refractivity contribution is 0.294. The fourth-order valence-corrected chi connectivity index (χ4v) is 4.21. The number of hydrogen-bond donors (Lipinski definition) is 0. The highest BCUT2D eigenvalue weighted by Gasteiger charge is 2.11. The van der Waals surface area contributed by atoms with Crippen LogP contribution in [0, 0.1) is 0 Å². The van der Waals surface area contributed by atoms with E-state index in [9.17, 15) is 0 Å². The molecule has 0 amide bonds. The molecule has 0 atom stereocenters. The van der Waals surface area contributed by atoms with Crippen LogP contribution >= 0.6 is 0 Å². The van der Waals surface area contributed by atoms with Gasteiger partial charge in [-0.15, -0.1) is 0 Å². The standard InChI is InChI=1S/C33H25N3O2/c1-3-7-24(8-4-1)23-38-32-21-31(26-9-5-2-6-10-26)35-33(36-32)29-12-11-28-20-30(14-13-27(28)19-29)37-22-25-15-17-34-18-16-25/h1-21H,22-23H2. The van der Waals surface area contributed by atoms with Crippen LogP contribution in [0.5, 0.6) is 11.6 Å². The van der Waals surface area contributed by atoms with Gasteiger partial charge in [-0.25, -0.2) is 4.98 Å². The summed E-state index contributed by atoms with van der Waals surface area (Å²) in [5.74, 6) is 1.98. The quantitative estimate of drug-likeness (QED) is 0.219. The number of rotatable bonds is 8. The summed E-state index contributed by atoms with van der Waals surface area (Å²) in [7, 11) is 0. The Balaban J connectivity index is 1.29. The summed E-state index contributed by atoms with van der Waals surface area (Å²) in [4.78, 5) is 13.7. The Bertz CT molecular complexity index is 1660. The number of pyridine rings is 1. The van der Waals surface area contributed by atoms with Crippen molar-refractivity contribution in [2.45, 2.75) is 13.2 Å². The molecule has 2 aromatic heterocycles. The molecule has 0 N–H and O–H groups in total. The highest BCUT2D eigenvalue weighted by Crippen LogP contribution is 2.29. The van der Waals surface area contributed by atoms with Crippen molar-refractivity contribution in [2.24, 2.45) is 0 Å². The Hall–Kier alpha value is -5.03. The fraction of sp³-hybridized carbons (Fsp3) is 0.0606. The van der Waals surface area contributed by atoms with Gasteiger partial charge in [-0.05, 0) is 52.2 Å². The van der Waals surface area contributed by atoms with Crippen molar-refractivity contribution in [2.75, 3.05) is 0 Å². The molecular formula is C33H25N3O2. The van der Waals surface area contributed by atoms with Gasteiger partial charge in [0.1, 0.15) is 19.0 Å².